The minimum atomic E-state index is -0.134. The van der Waals surface area contributed by atoms with E-state index in [1.54, 1.807) is 40.6 Å². The van der Waals surface area contributed by atoms with E-state index in [-0.39, 0.29) is 23.9 Å². The van der Waals surface area contributed by atoms with Crippen LogP contribution >= 0.6 is 0 Å². The highest BCUT2D eigenvalue weighted by atomic mass is 16.5. The predicted octanol–water partition coefficient (Wildman–Crippen LogP) is 8.82. The number of para-hydroxylation sites is 1. The Labute approximate surface area is 322 Å². The van der Waals surface area contributed by atoms with E-state index in [0.717, 1.165) is 70.9 Å². The lowest BCUT2D eigenvalue weighted by molar-refractivity contribution is -0.129. The van der Waals surface area contributed by atoms with Gasteiger partial charge in [0.05, 0.1) is 28.4 Å². The highest BCUT2D eigenvalue weighted by molar-refractivity contribution is 5.99. The van der Waals surface area contributed by atoms with Crippen LogP contribution in [0.1, 0.15) is 76.6 Å². The SMILES string of the molecule is CC(C)N.COc1cc2c(cc1OC)CCC(C=CC(=O)N(C(C)C)C(C)C)=C2.COc1cc2c(cc1OC)CCC(C=CC(=O)Nc1ccccc1)=C2. The molecule has 2 aliphatic carbocycles. The number of hydrogen-bond donors (Lipinski definition) is 2. The van der Waals surface area contributed by atoms with Crippen LogP contribution in [0.15, 0.2) is 90.0 Å². The molecule has 3 N–H and O–H groups in total. The fraction of sp³-hybridized carbons (Fsp3) is 0.378. The summed E-state index contributed by atoms with van der Waals surface area (Å²) in [6.45, 7) is 12.1. The number of aryl methyl sites for hydroxylation is 2. The number of methoxy groups -OCH3 is 4. The minimum absolute atomic E-state index is 0.0593. The standard InChI is InChI=1S/C21H21NO3.C21H29NO3.C3H9N/c1-24-19-13-16-10-8-15(12-17(16)14-20(19)25-2)9-11-21(23)22-18-6-4-3-5-7-18;1-14(2)22(15(3)4)21(23)10-8-16-7-9-17-12-19(24-5)20(25-6)13-18(17)11-16;1-3(2)4/h3-7,9,11-14H,8,10H2,1-2H3,(H,22,23);8,10-15H,7,9H2,1-6H3;3H,4H2,1-2H3. The number of carbonyl (C=O) groups is 2. The van der Waals surface area contributed by atoms with Gasteiger partial charge in [-0.2, -0.15) is 0 Å². The second-order valence-electron chi connectivity index (χ2n) is 13.9. The summed E-state index contributed by atoms with van der Waals surface area (Å²) < 4.78 is 21.5. The first-order valence-electron chi connectivity index (χ1n) is 18.5. The van der Waals surface area contributed by atoms with Gasteiger partial charge < -0.3 is 34.9 Å². The fourth-order valence-corrected chi connectivity index (χ4v) is 6.20. The molecule has 0 saturated heterocycles. The molecule has 0 radical (unpaired) electrons. The lowest BCUT2D eigenvalue weighted by Crippen LogP contribution is -2.41. The first-order chi connectivity index (χ1) is 25.8. The van der Waals surface area contributed by atoms with Gasteiger partial charge in [-0.25, -0.2) is 0 Å². The summed E-state index contributed by atoms with van der Waals surface area (Å²) in [7, 11) is 6.56. The average molecular weight is 738 g/mol. The highest BCUT2D eigenvalue weighted by Crippen LogP contribution is 2.36. The monoisotopic (exact) mass is 737 g/mol. The number of nitrogens with one attached hydrogen (secondary N) is 1. The summed E-state index contributed by atoms with van der Waals surface area (Å²) in [6.07, 6.45) is 14.9. The summed E-state index contributed by atoms with van der Waals surface area (Å²) in [4.78, 5) is 26.4. The van der Waals surface area contributed by atoms with Gasteiger partial charge in [0.2, 0.25) is 11.8 Å². The Balaban J connectivity index is 0.000000264. The Hall–Kier alpha value is -5.28. The van der Waals surface area contributed by atoms with Crippen LogP contribution in [-0.4, -0.2) is 63.3 Å². The smallest absolute Gasteiger partial charge is 0.248 e. The zero-order chi connectivity index (χ0) is 39.8. The van der Waals surface area contributed by atoms with Crippen molar-refractivity contribution in [1.29, 1.82) is 0 Å². The van der Waals surface area contributed by atoms with Crippen LogP contribution in [0.25, 0.3) is 12.2 Å². The van der Waals surface area contributed by atoms with E-state index in [4.69, 9.17) is 24.7 Å². The van der Waals surface area contributed by atoms with Crippen LogP contribution in [0.5, 0.6) is 23.0 Å². The zero-order valence-electron chi connectivity index (χ0n) is 33.7. The van der Waals surface area contributed by atoms with Crippen molar-refractivity contribution in [2.24, 2.45) is 5.73 Å². The fourth-order valence-electron chi connectivity index (χ4n) is 6.20. The predicted molar refractivity (Wildman–Crippen MR) is 221 cm³/mol. The molecule has 0 spiro atoms. The third kappa shape index (κ3) is 13.0. The first-order valence-corrected chi connectivity index (χ1v) is 18.5. The largest absolute Gasteiger partial charge is 0.493 e. The molecule has 3 aromatic rings. The molecular formula is C45H59N3O6. The Morgan fingerprint density at radius 2 is 1.06 bits per heavy atom. The van der Waals surface area contributed by atoms with Crippen molar-refractivity contribution in [3.05, 3.63) is 112 Å². The number of anilines is 1. The van der Waals surface area contributed by atoms with Crippen LogP contribution < -0.4 is 30.0 Å². The van der Waals surface area contributed by atoms with Crippen LogP contribution in [0, 0.1) is 0 Å². The van der Waals surface area contributed by atoms with Gasteiger partial charge in [-0.1, -0.05) is 56.4 Å². The third-order valence-corrected chi connectivity index (χ3v) is 8.64. The van der Waals surface area contributed by atoms with E-state index >= 15 is 0 Å². The minimum Gasteiger partial charge on any atom is -0.493 e. The van der Waals surface area contributed by atoms with Crippen molar-refractivity contribution in [2.45, 2.75) is 85.4 Å². The maximum absolute atomic E-state index is 12.5. The average Bonchev–Trinajstić information content (AvgIpc) is 3.15. The molecule has 5 rings (SSSR count). The number of ether oxygens (including phenoxy) is 4. The summed E-state index contributed by atoms with van der Waals surface area (Å²) in [5.41, 5.74) is 12.9. The van der Waals surface area contributed by atoms with Crippen LogP contribution in [0.3, 0.4) is 0 Å². The van der Waals surface area contributed by atoms with Gasteiger partial charge in [-0.3, -0.25) is 9.59 Å². The molecule has 0 aromatic heterocycles. The van der Waals surface area contributed by atoms with Crippen LogP contribution in [0.2, 0.25) is 0 Å². The molecule has 2 aliphatic rings. The zero-order valence-corrected chi connectivity index (χ0v) is 33.7. The summed E-state index contributed by atoms with van der Waals surface area (Å²) in [6, 6.07) is 18.2. The van der Waals surface area contributed by atoms with Gasteiger partial charge in [0, 0.05) is 29.9 Å². The Kier molecular flexibility index (Phi) is 17.1. The highest BCUT2D eigenvalue weighted by Gasteiger charge is 2.19. The van der Waals surface area contributed by atoms with Gasteiger partial charge in [0.25, 0.3) is 0 Å². The van der Waals surface area contributed by atoms with E-state index in [1.807, 2.05) is 113 Å². The second kappa shape index (κ2) is 21.4. The molecule has 0 bridgehead atoms. The second-order valence-corrected chi connectivity index (χ2v) is 13.9. The van der Waals surface area contributed by atoms with Gasteiger partial charge in [0.15, 0.2) is 23.0 Å². The molecule has 0 unspecified atom stereocenters. The molecule has 54 heavy (non-hydrogen) atoms. The number of nitrogens with two attached hydrogens (primary N) is 1. The number of carbonyl (C=O) groups excluding carboxylic acids is 2. The Morgan fingerprint density at radius 3 is 1.46 bits per heavy atom. The summed E-state index contributed by atoms with van der Waals surface area (Å²) in [5, 5.41) is 2.84. The third-order valence-electron chi connectivity index (χ3n) is 8.64. The summed E-state index contributed by atoms with van der Waals surface area (Å²) >= 11 is 0. The molecule has 0 fully saturated rings. The number of benzene rings is 3. The van der Waals surface area contributed by atoms with Crippen LogP contribution in [0.4, 0.5) is 5.69 Å². The molecule has 0 aliphatic heterocycles. The van der Waals surface area contributed by atoms with E-state index in [1.165, 1.54) is 11.1 Å². The topological polar surface area (TPSA) is 112 Å². The normalized spacial score (nSPS) is 13.1. The first kappa shape index (κ1) is 43.1. The Morgan fingerprint density at radius 1 is 0.648 bits per heavy atom. The van der Waals surface area contributed by atoms with Crippen molar-refractivity contribution >= 4 is 29.7 Å². The number of hydrogen-bond acceptors (Lipinski definition) is 7. The molecule has 0 heterocycles. The van der Waals surface area contributed by atoms with Crippen molar-refractivity contribution in [2.75, 3.05) is 33.8 Å². The molecule has 9 nitrogen and oxygen atoms in total. The van der Waals surface area contributed by atoms with Crippen molar-refractivity contribution in [3.63, 3.8) is 0 Å². The van der Waals surface area contributed by atoms with Gasteiger partial charge >= 0.3 is 0 Å². The molecular weight excluding hydrogens is 679 g/mol. The molecule has 0 saturated carbocycles. The van der Waals surface area contributed by atoms with E-state index in [0.29, 0.717) is 11.8 Å². The van der Waals surface area contributed by atoms with Crippen molar-refractivity contribution in [3.8, 4) is 23.0 Å². The molecule has 9 heteroatoms. The number of allylic oxidation sites excluding steroid dienone is 4. The number of nitrogens with zero attached hydrogens (tertiary/aromatic N) is 1. The molecule has 2 amide bonds. The molecule has 0 atom stereocenters. The van der Waals surface area contributed by atoms with E-state index in [9.17, 15) is 9.59 Å². The summed E-state index contributed by atoms with van der Waals surface area (Å²) in [5.74, 6) is 2.87. The lowest BCUT2D eigenvalue weighted by atomic mass is 9.91. The van der Waals surface area contributed by atoms with Crippen LogP contribution in [-0.2, 0) is 22.4 Å². The maximum Gasteiger partial charge on any atom is 0.248 e. The molecule has 3 aromatic carbocycles. The Bertz CT molecular complexity index is 1810. The van der Waals surface area contributed by atoms with E-state index in [2.05, 4.69) is 17.5 Å². The van der Waals surface area contributed by atoms with E-state index < -0.39 is 0 Å². The van der Waals surface area contributed by atoms with Gasteiger partial charge in [0.1, 0.15) is 0 Å². The number of fused-ring (bicyclic) bond motifs is 2. The lowest BCUT2D eigenvalue weighted by Gasteiger charge is -2.29. The van der Waals surface area contributed by atoms with Crippen molar-refractivity contribution in [1.82, 2.24) is 4.90 Å². The van der Waals surface area contributed by atoms with Gasteiger partial charge in [-0.05, 0) is 129 Å². The number of rotatable bonds is 11. The molecule has 290 valence electrons. The maximum atomic E-state index is 12.5. The van der Waals surface area contributed by atoms with Gasteiger partial charge in [-0.15, -0.1) is 0 Å². The number of amides is 2. The quantitative estimate of drug-likeness (QED) is 0.189. The van der Waals surface area contributed by atoms with Crippen molar-refractivity contribution < 1.29 is 28.5 Å².